The summed E-state index contributed by atoms with van der Waals surface area (Å²) in [5, 5.41) is 38.4. The summed E-state index contributed by atoms with van der Waals surface area (Å²) in [6.07, 6.45) is 0.481. The number of nitrogens with one attached hydrogen (secondary N) is 4. The van der Waals surface area contributed by atoms with E-state index in [1.165, 1.54) is 19.1 Å². The van der Waals surface area contributed by atoms with Crippen LogP contribution < -0.4 is 21.7 Å². The number of aromatic hydroxyl groups is 1. The van der Waals surface area contributed by atoms with Gasteiger partial charge in [-0.2, -0.15) is 0 Å². The molecule has 12 nitrogen and oxygen atoms in total. The van der Waals surface area contributed by atoms with Gasteiger partial charge in [0.2, 0.25) is 17.7 Å². The van der Waals surface area contributed by atoms with Crippen LogP contribution in [0.1, 0.15) is 23.6 Å². The van der Waals surface area contributed by atoms with Crippen LogP contribution in [0.15, 0.2) is 85.1 Å². The Kier molecular flexibility index (Phi) is 10.9. The van der Waals surface area contributed by atoms with Gasteiger partial charge >= 0.3 is 5.97 Å². The molecule has 5 unspecified atom stereocenters. The van der Waals surface area contributed by atoms with E-state index in [9.17, 15) is 34.5 Å². The van der Waals surface area contributed by atoms with Gasteiger partial charge < -0.3 is 42.0 Å². The normalized spacial score (nSPS) is 14.5. The number of hydrogen-bond donors (Lipinski definition) is 8. The maximum absolute atomic E-state index is 13.5. The molecule has 3 aromatic carbocycles. The zero-order valence-corrected chi connectivity index (χ0v) is 24.6. The molecule has 1 heterocycles. The minimum atomic E-state index is -1.47. The van der Waals surface area contributed by atoms with E-state index in [2.05, 4.69) is 20.9 Å². The number of carbonyl (C=O) groups excluding carboxylic acids is 3. The van der Waals surface area contributed by atoms with Gasteiger partial charge in [0, 0.05) is 29.9 Å². The predicted octanol–water partition coefficient (Wildman–Crippen LogP) is 1.15. The fourth-order valence-corrected chi connectivity index (χ4v) is 4.96. The summed E-state index contributed by atoms with van der Waals surface area (Å²) >= 11 is 0. The highest BCUT2D eigenvalue weighted by atomic mass is 16.4. The van der Waals surface area contributed by atoms with Crippen LogP contribution in [-0.4, -0.2) is 74.3 Å². The molecule has 45 heavy (non-hydrogen) atoms. The molecule has 12 heteroatoms. The Morgan fingerprint density at radius 3 is 2.02 bits per heavy atom. The van der Waals surface area contributed by atoms with E-state index < -0.39 is 54.0 Å². The number of carbonyl (C=O) groups is 4. The van der Waals surface area contributed by atoms with Crippen molar-refractivity contribution < 1.29 is 34.5 Å². The topological polar surface area (TPSA) is 207 Å². The summed E-state index contributed by atoms with van der Waals surface area (Å²) in [6, 6.07) is 17.1. The highest BCUT2D eigenvalue weighted by Crippen LogP contribution is 2.19. The van der Waals surface area contributed by atoms with Crippen molar-refractivity contribution in [3.63, 3.8) is 0 Å². The Labute approximate surface area is 259 Å². The molecule has 5 atom stereocenters. The first kappa shape index (κ1) is 32.7. The molecule has 0 bridgehead atoms. The number of aromatic nitrogens is 1. The van der Waals surface area contributed by atoms with Crippen molar-refractivity contribution in [2.75, 3.05) is 0 Å². The number of aliphatic hydroxyl groups is 1. The van der Waals surface area contributed by atoms with Crippen LogP contribution in [0, 0.1) is 0 Å². The number of phenolic OH excluding ortho intramolecular Hbond substituents is 1. The summed E-state index contributed by atoms with van der Waals surface area (Å²) in [4.78, 5) is 55.1. The molecule has 4 aromatic rings. The minimum absolute atomic E-state index is 0.00144. The summed E-state index contributed by atoms with van der Waals surface area (Å²) in [5.74, 6) is -3.61. The lowest BCUT2D eigenvalue weighted by Gasteiger charge is -2.26. The Balaban J connectivity index is 1.48. The van der Waals surface area contributed by atoms with Gasteiger partial charge in [0.05, 0.1) is 12.1 Å². The number of hydrogen-bond acceptors (Lipinski definition) is 7. The van der Waals surface area contributed by atoms with Gasteiger partial charge in [-0.15, -0.1) is 0 Å². The summed E-state index contributed by atoms with van der Waals surface area (Å²) in [5.41, 5.74) is 9.11. The average molecular weight is 616 g/mol. The van der Waals surface area contributed by atoms with Gasteiger partial charge in [0.15, 0.2) is 0 Å². The third kappa shape index (κ3) is 8.91. The molecule has 4 rings (SSSR count). The number of carboxylic acid groups (broad SMARTS) is 1. The second-order valence-electron chi connectivity index (χ2n) is 10.9. The number of amides is 3. The van der Waals surface area contributed by atoms with Crippen molar-refractivity contribution in [2.24, 2.45) is 5.73 Å². The molecular formula is C33H37N5O7. The molecule has 0 spiro atoms. The van der Waals surface area contributed by atoms with Crippen LogP contribution in [0.25, 0.3) is 10.9 Å². The smallest absolute Gasteiger partial charge is 0.326 e. The van der Waals surface area contributed by atoms with Crippen LogP contribution in [0.5, 0.6) is 5.75 Å². The van der Waals surface area contributed by atoms with Gasteiger partial charge in [-0.05, 0) is 48.2 Å². The Bertz CT molecular complexity index is 1620. The third-order valence-corrected chi connectivity index (χ3v) is 7.42. The SMILES string of the molecule is CC(O)C(NC(=O)C(N)Cc1c[nH]c2ccccc12)C(=O)NC(Cc1ccc(O)cc1)C(=O)NC(Cc1ccccc1)C(=O)O. The Hall–Kier alpha value is -5.20. The van der Waals surface area contributed by atoms with Gasteiger partial charge in [0.25, 0.3) is 0 Å². The number of para-hydroxylation sites is 1. The van der Waals surface area contributed by atoms with Crippen LogP contribution in [0.4, 0.5) is 0 Å². The zero-order chi connectivity index (χ0) is 32.5. The standard InChI is InChI=1S/C33H37N5O7/c1-19(39)29(38-30(41)25(34)17-22-18-35-26-10-6-5-9-24(22)26)32(43)36-27(15-21-11-13-23(40)14-12-21)31(42)37-28(33(44)45)16-20-7-3-2-4-8-20/h2-14,18-19,25,27-29,35,39-40H,15-17,34H2,1H3,(H,36,43)(H,37,42)(H,38,41)(H,44,45). The number of aromatic amines is 1. The quantitative estimate of drug-likeness (QED) is 0.103. The van der Waals surface area contributed by atoms with Crippen molar-refractivity contribution >= 4 is 34.6 Å². The number of rotatable bonds is 14. The molecule has 0 fully saturated rings. The van der Waals surface area contributed by atoms with Gasteiger partial charge in [-0.3, -0.25) is 14.4 Å². The second kappa shape index (κ2) is 15.0. The van der Waals surface area contributed by atoms with E-state index in [0.29, 0.717) is 11.1 Å². The second-order valence-corrected chi connectivity index (χ2v) is 10.9. The van der Waals surface area contributed by atoms with E-state index in [0.717, 1.165) is 16.5 Å². The molecule has 0 radical (unpaired) electrons. The molecule has 0 saturated carbocycles. The lowest BCUT2D eigenvalue weighted by molar-refractivity contribution is -0.142. The molecule has 3 amide bonds. The van der Waals surface area contributed by atoms with Gasteiger partial charge in [-0.25, -0.2) is 4.79 Å². The summed E-state index contributed by atoms with van der Waals surface area (Å²) in [6.45, 7) is 1.31. The Morgan fingerprint density at radius 2 is 1.36 bits per heavy atom. The molecule has 0 aliphatic carbocycles. The van der Waals surface area contributed by atoms with E-state index in [1.54, 1.807) is 48.7 Å². The molecule has 1 aromatic heterocycles. The first-order valence-corrected chi connectivity index (χ1v) is 14.5. The van der Waals surface area contributed by atoms with Crippen molar-refractivity contribution in [2.45, 2.75) is 56.5 Å². The first-order chi connectivity index (χ1) is 21.5. The summed E-state index contributed by atoms with van der Waals surface area (Å²) < 4.78 is 0. The van der Waals surface area contributed by atoms with Crippen LogP contribution in [0.2, 0.25) is 0 Å². The van der Waals surface area contributed by atoms with Crippen LogP contribution in [0.3, 0.4) is 0 Å². The van der Waals surface area contributed by atoms with Crippen LogP contribution in [-0.2, 0) is 38.4 Å². The number of aliphatic carboxylic acids is 1. The largest absolute Gasteiger partial charge is 0.508 e. The number of benzene rings is 3. The van der Waals surface area contributed by atoms with Crippen molar-refractivity contribution in [1.82, 2.24) is 20.9 Å². The number of H-pyrrole nitrogens is 1. The average Bonchev–Trinajstić information content (AvgIpc) is 3.42. The predicted molar refractivity (Wildman–Crippen MR) is 167 cm³/mol. The van der Waals surface area contributed by atoms with E-state index in [1.807, 2.05) is 24.3 Å². The lowest BCUT2D eigenvalue weighted by atomic mass is 10.0. The molecule has 9 N–H and O–H groups in total. The fraction of sp³-hybridized carbons (Fsp3) is 0.273. The van der Waals surface area contributed by atoms with Crippen molar-refractivity contribution in [1.29, 1.82) is 0 Å². The molecule has 236 valence electrons. The van der Waals surface area contributed by atoms with E-state index in [4.69, 9.17) is 5.73 Å². The number of aliphatic hydroxyl groups excluding tert-OH is 1. The maximum Gasteiger partial charge on any atom is 0.326 e. The number of phenols is 1. The van der Waals surface area contributed by atoms with Gasteiger partial charge in [0.1, 0.15) is 23.9 Å². The zero-order valence-electron chi connectivity index (χ0n) is 24.6. The molecule has 0 aliphatic rings. The highest BCUT2D eigenvalue weighted by molar-refractivity contribution is 5.95. The maximum atomic E-state index is 13.5. The number of nitrogens with two attached hydrogens (primary N) is 1. The fourth-order valence-electron chi connectivity index (χ4n) is 4.96. The number of fused-ring (bicyclic) bond motifs is 1. The third-order valence-electron chi connectivity index (χ3n) is 7.42. The number of carboxylic acids is 1. The lowest BCUT2D eigenvalue weighted by Crippen LogP contribution is -2.60. The molecule has 0 saturated heterocycles. The minimum Gasteiger partial charge on any atom is -0.508 e. The van der Waals surface area contributed by atoms with Gasteiger partial charge in [-0.1, -0.05) is 60.7 Å². The Morgan fingerprint density at radius 1 is 0.756 bits per heavy atom. The van der Waals surface area contributed by atoms with E-state index in [-0.39, 0.29) is 25.0 Å². The van der Waals surface area contributed by atoms with Crippen molar-refractivity contribution in [3.8, 4) is 5.75 Å². The summed E-state index contributed by atoms with van der Waals surface area (Å²) in [7, 11) is 0. The van der Waals surface area contributed by atoms with Crippen molar-refractivity contribution in [3.05, 3.63) is 102 Å². The van der Waals surface area contributed by atoms with Crippen LogP contribution >= 0.6 is 0 Å². The highest BCUT2D eigenvalue weighted by Gasteiger charge is 2.33. The molecular weight excluding hydrogens is 578 g/mol. The first-order valence-electron chi connectivity index (χ1n) is 14.5. The molecule has 0 aliphatic heterocycles. The monoisotopic (exact) mass is 615 g/mol. The van der Waals surface area contributed by atoms with E-state index >= 15 is 0 Å².